The molecule has 3 saturated heterocycles. The second-order valence-corrected chi connectivity index (χ2v) is 15.0. The minimum absolute atomic E-state index is 0.0144. The largest absolute Gasteiger partial charge is 0.459 e. The molecular formula is C34H63NO13. The zero-order valence-electron chi connectivity index (χ0n) is 30.4. The first-order valence-corrected chi connectivity index (χ1v) is 17.4. The van der Waals surface area contributed by atoms with Crippen LogP contribution in [-0.4, -0.2) is 141 Å². The van der Waals surface area contributed by atoms with E-state index in [1.54, 1.807) is 41.7 Å². The zero-order chi connectivity index (χ0) is 36.4. The van der Waals surface area contributed by atoms with Crippen molar-refractivity contribution in [2.24, 2.45) is 11.8 Å². The Morgan fingerprint density at radius 3 is 2.19 bits per heavy atom. The molecule has 0 aromatic heterocycles. The lowest BCUT2D eigenvalue weighted by Crippen LogP contribution is -2.59. The van der Waals surface area contributed by atoms with E-state index in [1.807, 2.05) is 6.92 Å². The number of hydrogen-bond donors (Lipinski definition) is 7. The molecular weight excluding hydrogens is 630 g/mol. The number of carbonyl (C=O) groups excluding carboxylic acids is 1. The van der Waals surface area contributed by atoms with Gasteiger partial charge in [-0.25, -0.2) is 0 Å². The van der Waals surface area contributed by atoms with Gasteiger partial charge in [-0.15, -0.1) is 0 Å². The Morgan fingerprint density at radius 1 is 0.958 bits per heavy atom. The lowest BCUT2D eigenvalue weighted by molar-refractivity contribution is -0.306. The molecule has 3 fully saturated rings. The van der Waals surface area contributed by atoms with Gasteiger partial charge < -0.3 is 64.4 Å². The molecule has 0 saturated carbocycles. The summed E-state index contributed by atoms with van der Waals surface area (Å²) in [6.07, 6.45) is -10.3. The predicted octanol–water partition coefficient (Wildman–Crippen LogP) is 0.743. The Morgan fingerprint density at radius 2 is 1.60 bits per heavy atom. The predicted molar refractivity (Wildman–Crippen MR) is 174 cm³/mol. The van der Waals surface area contributed by atoms with Gasteiger partial charge in [-0.05, 0) is 74.3 Å². The molecule has 0 radical (unpaired) electrons. The van der Waals surface area contributed by atoms with Crippen molar-refractivity contribution in [3.63, 3.8) is 0 Å². The van der Waals surface area contributed by atoms with Crippen molar-refractivity contribution in [3.8, 4) is 0 Å². The fourth-order valence-corrected chi connectivity index (χ4v) is 7.26. The molecule has 0 unspecified atom stereocenters. The number of methoxy groups -OCH3 is 1. The summed E-state index contributed by atoms with van der Waals surface area (Å²) in [5.41, 5.74) is -4.61. The van der Waals surface area contributed by atoms with E-state index in [-0.39, 0.29) is 44.2 Å². The number of aliphatic hydroxyl groups excluding tert-OH is 4. The van der Waals surface area contributed by atoms with Gasteiger partial charge in [0.15, 0.2) is 12.6 Å². The van der Waals surface area contributed by atoms with Crippen LogP contribution in [0.1, 0.15) is 93.9 Å². The molecule has 7 N–H and O–H groups in total. The van der Waals surface area contributed by atoms with E-state index < -0.39 is 96.0 Å². The number of carbonyl (C=O) groups is 1. The highest BCUT2D eigenvalue weighted by Crippen LogP contribution is 2.38. The summed E-state index contributed by atoms with van der Waals surface area (Å²) in [6, 6.07) is -0.346. The first-order valence-electron chi connectivity index (χ1n) is 17.4. The van der Waals surface area contributed by atoms with E-state index in [0.717, 1.165) is 0 Å². The highest BCUT2D eigenvalue weighted by atomic mass is 16.7. The Balaban J connectivity index is 2.07. The molecule has 14 nitrogen and oxygen atoms in total. The van der Waals surface area contributed by atoms with Crippen LogP contribution in [0.4, 0.5) is 0 Å². The number of likely N-dealkylation sites (N-methyl/N-ethyl adjacent to an activating group) is 1. The van der Waals surface area contributed by atoms with E-state index in [4.69, 9.17) is 28.4 Å². The van der Waals surface area contributed by atoms with Gasteiger partial charge in [0.05, 0.1) is 53.7 Å². The molecule has 3 aliphatic rings. The molecule has 3 rings (SSSR count). The van der Waals surface area contributed by atoms with Crippen LogP contribution >= 0.6 is 0 Å². The van der Waals surface area contributed by atoms with Gasteiger partial charge >= 0.3 is 5.97 Å². The first-order chi connectivity index (χ1) is 22.2. The maximum atomic E-state index is 13.9. The molecule has 48 heavy (non-hydrogen) atoms. The molecule has 282 valence electrons. The monoisotopic (exact) mass is 693 g/mol. The normalized spacial score (nSPS) is 50.4. The highest BCUT2D eigenvalue weighted by Gasteiger charge is 2.50. The SMILES string of the molecule is CC[C@H]1OC(=O)[C@H](C)[C@@H](O[C@H]2C[C@@](C)(OC)[C@@H](O)[C@H](C)O2)C[C@@H](O[C@@H]2O[C@H](C)C[C@H](NC)[C@H]2O)[C@](C)(O)CC[C@H](O)[C@H](C)[C@@H](O)[C@]1(C)O. The van der Waals surface area contributed by atoms with Crippen LogP contribution in [0.15, 0.2) is 0 Å². The third kappa shape index (κ3) is 9.25. The van der Waals surface area contributed by atoms with Crippen LogP contribution in [0, 0.1) is 11.8 Å². The minimum Gasteiger partial charge on any atom is -0.459 e. The van der Waals surface area contributed by atoms with Crippen LogP contribution in [0.25, 0.3) is 0 Å². The van der Waals surface area contributed by atoms with Crippen molar-refractivity contribution < 1.29 is 63.9 Å². The van der Waals surface area contributed by atoms with E-state index >= 15 is 0 Å². The topological polar surface area (TPSA) is 206 Å². The van der Waals surface area contributed by atoms with Gasteiger partial charge in [0.1, 0.15) is 23.9 Å². The quantitative estimate of drug-likeness (QED) is 0.184. The molecule has 0 spiro atoms. The molecule has 3 heterocycles. The minimum atomic E-state index is -1.91. The summed E-state index contributed by atoms with van der Waals surface area (Å²) in [4.78, 5) is 13.9. The fraction of sp³-hybridized carbons (Fsp3) is 0.971. The van der Waals surface area contributed by atoms with Crippen molar-refractivity contribution in [2.45, 2.75) is 184 Å². The number of esters is 1. The van der Waals surface area contributed by atoms with Crippen molar-refractivity contribution in [3.05, 3.63) is 0 Å². The summed E-state index contributed by atoms with van der Waals surface area (Å²) in [5.74, 6) is -2.60. The summed E-state index contributed by atoms with van der Waals surface area (Å²) >= 11 is 0. The Labute approximate surface area is 285 Å². The van der Waals surface area contributed by atoms with Crippen molar-refractivity contribution >= 4 is 5.97 Å². The number of nitrogens with one attached hydrogen (secondary N) is 1. The number of rotatable bonds is 7. The lowest BCUT2D eigenvalue weighted by atomic mass is 9.78. The summed E-state index contributed by atoms with van der Waals surface area (Å²) in [5, 5.41) is 70.8. The second kappa shape index (κ2) is 16.6. The summed E-state index contributed by atoms with van der Waals surface area (Å²) < 4.78 is 36.4. The maximum Gasteiger partial charge on any atom is 0.311 e. The molecule has 0 amide bonds. The number of ether oxygens (including phenoxy) is 6. The van der Waals surface area contributed by atoms with E-state index in [1.165, 1.54) is 21.0 Å². The van der Waals surface area contributed by atoms with Gasteiger partial charge in [0, 0.05) is 31.9 Å². The van der Waals surface area contributed by atoms with Gasteiger partial charge in [-0.3, -0.25) is 4.79 Å². The van der Waals surface area contributed by atoms with Gasteiger partial charge in [-0.1, -0.05) is 13.8 Å². The van der Waals surface area contributed by atoms with Crippen LogP contribution < -0.4 is 5.32 Å². The van der Waals surface area contributed by atoms with E-state index in [0.29, 0.717) is 6.42 Å². The summed E-state index contributed by atoms with van der Waals surface area (Å²) in [6.45, 7) is 13.1. The molecule has 0 aromatic rings. The van der Waals surface area contributed by atoms with E-state index in [9.17, 15) is 35.4 Å². The lowest BCUT2D eigenvalue weighted by Gasteiger charge is -2.46. The molecule has 0 aliphatic carbocycles. The Kier molecular flexibility index (Phi) is 14.3. The molecule has 17 atom stereocenters. The van der Waals surface area contributed by atoms with Gasteiger partial charge in [0.25, 0.3) is 0 Å². The summed E-state index contributed by atoms with van der Waals surface area (Å²) in [7, 11) is 3.21. The van der Waals surface area contributed by atoms with Crippen molar-refractivity contribution in [1.29, 1.82) is 0 Å². The number of cyclic esters (lactones) is 1. The number of aliphatic hydroxyl groups is 6. The van der Waals surface area contributed by atoms with Crippen molar-refractivity contribution in [2.75, 3.05) is 14.2 Å². The zero-order valence-corrected chi connectivity index (χ0v) is 30.4. The standard InChI is InChI=1S/C34H63NO13/c1-11-24-34(8,42)28(38)18(3)22(36)12-13-32(6,41)25(48-31-27(37)21(35-9)14-17(2)44-31)15-23(19(4)30(40)47-24)46-26-16-33(7,43-10)29(39)20(5)45-26/h17-29,31,35-39,41-42H,11-16H2,1-10H3/t17-,18+,19-,20+,21+,22+,23+,24-,25-,26+,27-,28-,29+,31+,32-,33-,34-/m1/s1. The average Bonchev–Trinajstić information content (AvgIpc) is 3.03. The van der Waals surface area contributed by atoms with Gasteiger partial charge in [0.2, 0.25) is 0 Å². The van der Waals surface area contributed by atoms with Crippen LogP contribution in [-0.2, 0) is 33.2 Å². The molecule has 0 bridgehead atoms. The smallest absolute Gasteiger partial charge is 0.311 e. The van der Waals surface area contributed by atoms with Crippen molar-refractivity contribution in [1.82, 2.24) is 5.32 Å². The number of hydrogen-bond acceptors (Lipinski definition) is 14. The fourth-order valence-electron chi connectivity index (χ4n) is 7.26. The third-order valence-electron chi connectivity index (χ3n) is 11.1. The Hall–Kier alpha value is -1.01. The maximum absolute atomic E-state index is 13.9. The Bertz CT molecular complexity index is 1030. The highest BCUT2D eigenvalue weighted by molar-refractivity contribution is 5.73. The van der Waals surface area contributed by atoms with E-state index in [2.05, 4.69) is 5.32 Å². The van der Waals surface area contributed by atoms with Crippen LogP contribution in [0.2, 0.25) is 0 Å². The van der Waals surface area contributed by atoms with Gasteiger partial charge in [-0.2, -0.15) is 0 Å². The molecule has 3 aliphatic heterocycles. The molecule has 0 aromatic carbocycles. The van der Waals surface area contributed by atoms with Crippen LogP contribution in [0.3, 0.4) is 0 Å². The first kappa shape index (κ1) is 41.4. The average molecular weight is 694 g/mol. The third-order valence-corrected chi connectivity index (χ3v) is 11.1. The second-order valence-electron chi connectivity index (χ2n) is 15.0. The molecule has 14 heteroatoms. The van der Waals surface area contributed by atoms with Crippen LogP contribution in [0.5, 0.6) is 0 Å².